The molecular weight excluding hydrogens is 310 g/mol. The monoisotopic (exact) mass is 325 g/mol. The van der Waals surface area contributed by atoms with Crippen LogP contribution in [0.1, 0.15) is 15.9 Å². The molecule has 0 spiro atoms. The van der Waals surface area contributed by atoms with Gasteiger partial charge in [-0.2, -0.15) is 0 Å². The molecule has 0 fully saturated rings. The second-order valence-electron chi connectivity index (χ2n) is 5.31. The molecule has 0 aliphatic carbocycles. The normalized spacial score (nSPS) is 11.3. The summed E-state index contributed by atoms with van der Waals surface area (Å²) < 4.78 is 26.9. The van der Waals surface area contributed by atoms with E-state index in [1.165, 1.54) is 6.07 Å². The van der Waals surface area contributed by atoms with Gasteiger partial charge in [-0.1, -0.05) is 48.0 Å². The number of fused-ring (bicyclic) bond motifs is 1. The van der Waals surface area contributed by atoms with Crippen LogP contribution in [0.5, 0.6) is 0 Å². The molecule has 0 saturated carbocycles. The molecule has 0 unspecified atom stereocenters. The van der Waals surface area contributed by atoms with E-state index >= 15 is 0 Å². The first-order chi connectivity index (χ1) is 11.0. The molecule has 4 nitrogen and oxygen atoms in total. The minimum Gasteiger partial charge on any atom is -0.268 e. The van der Waals surface area contributed by atoms with Gasteiger partial charge in [0.05, 0.1) is 4.90 Å². The summed E-state index contributed by atoms with van der Waals surface area (Å²) in [6, 6.07) is 18.9. The molecule has 3 aromatic carbocycles. The maximum absolute atomic E-state index is 12.4. The summed E-state index contributed by atoms with van der Waals surface area (Å²) in [5, 5.41) is 1.74. The number of amides is 1. The first-order valence-corrected chi connectivity index (χ1v) is 8.57. The van der Waals surface area contributed by atoms with Gasteiger partial charge in [-0.3, -0.25) is 4.79 Å². The second-order valence-corrected chi connectivity index (χ2v) is 6.99. The molecule has 1 amide bonds. The van der Waals surface area contributed by atoms with Gasteiger partial charge >= 0.3 is 0 Å². The van der Waals surface area contributed by atoms with Crippen molar-refractivity contribution in [2.45, 2.75) is 11.8 Å². The van der Waals surface area contributed by atoms with Gasteiger partial charge in [0, 0.05) is 5.56 Å². The zero-order chi connectivity index (χ0) is 16.4. The SMILES string of the molecule is Cc1ccc(C(=O)NS(=O)(=O)c2ccc3ccccc3c2)cc1. The standard InChI is InChI=1S/C18H15NO3S/c1-13-6-8-15(9-7-13)18(20)19-23(21,22)17-11-10-14-4-2-3-5-16(14)12-17/h2-12H,1H3,(H,19,20). The lowest BCUT2D eigenvalue weighted by atomic mass is 10.1. The van der Waals surface area contributed by atoms with Gasteiger partial charge in [0.15, 0.2) is 0 Å². The third kappa shape index (κ3) is 3.24. The third-order valence-electron chi connectivity index (χ3n) is 3.57. The van der Waals surface area contributed by atoms with Crippen LogP contribution in [-0.2, 0) is 10.0 Å². The number of hydrogen-bond donors (Lipinski definition) is 1. The number of hydrogen-bond acceptors (Lipinski definition) is 3. The Labute approximate surface area is 134 Å². The largest absolute Gasteiger partial charge is 0.268 e. The van der Waals surface area contributed by atoms with Crippen LogP contribution < -0.4 is 4.72 Å². The highest BCUT2D eigenvalue weighted by molar-refractivity contribution is 7.90. The Morgan fingerprint density at radius 1 is 0.870 bits per heavy atom. The number of aryl methyl sites for hydroxylation is 1. The number of nitrogens with one attached hydrogen (secondary N) is 1. The van der Waals surface area contributed by atoms with Crippen molar-refractivity contribution < 1.29 is 13.2 Å². The van der Waals surface area contributed by atoms with Crippen LogP contribution in [0.4, 0.5) is 0 Å². The van der Waals surface area contributed by atoms with Gasteiger partial charge in [0.1, 0.15) is 0 Å². The first kappa shape index (κ1) is 15.2. The van der Waals surface area contributed by atoms with Crippen LogP contribution >= 0.6 is 0 Å². The molecular formula is C18H15NO3S. The molecule has 0 saturated heterocycles. The van der Waals surface area contributed by atoms with Gasteiger partial charge in [0.25, 0.3) is 15.9 Å². The van der Waals surface area contributed by atoms with Crippen LogP contribution in [0.2, 0.25) is 0 Å². The topological polar surface area (TPSA) is 63.2 Å². The molecule has 116 valence electrons. The molecule has 0 heterocycles. The van der Waals surface area contributed by atoms with Gasteiger partial charge in [-0.25, -0.2) is 13.1 Å². The summed E-state index contributed by atoms with van der Waals surface area (Å²) in [6.45, 7) is 1.90. The maximum atomic E-state index is 12.4. The van der Waals surface area contributed by atoms with Crippen LogP contribution in [-0.4, -0.2) is 14.3 Å². The molecule has 1 N–H and O–H groups in total. The summed E-state index contributed by atoms with van der Waals surface area (Å²) in [7, 11) is -3.91. The average Bonchev–Trinajstić information content (AvgIpc) is 2.54. The van der Waals surface area contributed by atoms with E-state index < -0.39 is 15.9 Å². The summed E-state index contributed by atoms with van der Waals surface area (Å²) >= 11 is 0. The fourth-order valence-electron chi connectivity index (χ4n) is 2.28. The van der Waals surface area contributed by atoms with E-state index in [0.717, 1.165) is 16.3 Å². The van der Waals surface area contributed by atoms with Gasteiger partial charge in [-0.15, -0.1) is 0 Å². The Bertz CT molecular complexity index is 977. The minimum atomic E-state index is -3.91. The lowest BCUT2D eigenvalue weighted by Crippen LogP contribution is -2.30. The molecule has 0 radical (unpaired) electrons. The predicted molar refractivity (Wildman–Crippen MR) is 89.8 cm³/mol. The Kier molecular flexibility index (Phi) is 3.88. The van der Waals surface area contributed by atoms with E-state index in [2.05, 4.69) is 4.72 Å². The molecule has 0 aromatic heterocycles. The molecule has 0 bridgehead atoms. The van der Waals surface area contributed by atoms with Crippen LogP contribution in [0, 0.1) is 6.92 Å². The van der Waals surface area contributed by atoms with E-state index in [4.69, 9.17) is 0 Å². The summed E-state index contributed by atoms with van der Waals surface area (Å²) in [4.78, 5) is 12.2. The van der Waals surface area contributed by atoms with E-state index in [1.54, 1.807) is 36.4 Å². The summed E-state index contributed by atoms with van der Waals surface area (Å²) in [5.41, 5.74) is 1.30. The zero-order valence-electron chi connectivity index (χ0n) is 12.5. The smallest absolute Gasteiger partial charge is 0.264 e. The number of benzene rings is 3. The minimum absolute atomic E-state index is 0.0664. The van der Waals surface area contributed by atoms with Crippen molar-refractivity contribution in [1.29, 1.82) is 0 Å². The fourth-order valence-corrected chi connectivity index (χ4v) is 3.29. The first-order valence-electron chi connectivity index (χ1n) is 7.08. The van der Waals surface area contributed by atoms with E-state index in [1.807, 2.05) is 31.2 Å². The molecule has 5 heteroatoms. The van der Waals surface area contributed by atoms with Gasteiger partial charge in [0.2, 0.25) is 0 Å². The highest BCUT2D eigenvalue weighted by Gasteiger charge is 2.18. The number of carbonyl (C=O) groups excluding carboxylic acids is 1. The molecule has 23 heavy (non-hydrogen) atoms. The van der Waals surface area contributed by atoms with Crippen molar-refractivity contribution in [2.75, 3.05) is 0 Å². The molecule has 3 rings (SSSR count). The summed E-state index contributed by atoms with van der Waals surface area (Å²) in [5.74, 6) is -0.641. The zero-order valence-corrected chi connectivity index (χ0v) is 13.3. The average molecular weight is 325 g/mol. The fraction of sp³-hybridized carbons (Fsp3) is 0.0556. The number of sulfonamides is 1. The van der Waals surface area contributed by atoms with Crippen molar-refractivity contribution >= 4 is 26.7 Å². The van der Waals surface area contributed by atoms with Crippen molar-refractivity contribution in [2.24, 2.45) is 0 Å². The van der Waals surface area contributed by atoms with E-state index in [0.29, 0.717) is 5.56 Å². The van der Waals surface area contributed by atoms with Crippen molar-refractivity contribution in [3.8, 4) is 0 Å². The summed E-state index contributed by atoms with van der Waals surface area (Å²) in [6.07, 6.45) is 0. The quantitative estimate of drug-likeness (QED) is 0.804. The van der Waals surface area contributed by atoms with Crippen LogP contribution in [0.3, 0.4) is 0 Å². The number of rotatable bonds is 3. The lowest BCUT2D eigenvalue weighted by molar-refractivity contribution is 0.0981. The van der Waals surface area contributed by atoms with E-state index in [-0.39, 0.29) is 4.90 Å². The highest BCUT2D eigenvalue weighted by Crippen LogP contribution is 2.19. The van der Waals surface area contributed by atoms with Crippen molar-refractivity contribution in [3.05, 3.63) is 77.9 Å². The lowest BCUT2D eigenvalue weighted by Gasteiger charge is -2.08. The predicted octanol–water partition coefficient (Wildman–Crippen LogP) is 3.27. The van der Waals surface area contributed by atoms with Crippen LogP contribution in [0.15, 0.2) is 71.6 Å². The van der Waals surface area contributed by atoms with E-state index in [9.17, 15) is 13.2 Å². The van der Waals surface area contributed by atoms with Crippen molar-refractivity contribution in [1.82, 2.24) is 4.72 Å². The molecule has 0 aliphatic rings. The second kappa shape index (κ2) is 5.85. The molecule has 0 atom stereocenters. The van der Waals surface area contributed by atoms with Crippen LogP contribution in [0.25, 0.3) is 10.8 Å². The Morgan fingerprint density at radius 2 is 1.52 bits per heavy atom. The highest BCUT2D eigenvalue weighted by atomic mass is 32.2. The molecule has 3 aromatic rings. The van der Waals surface area contributed by atoms with Gasteiger partial charge < -0.3 is 0 Å². The third-order valence-corrected chi connectivity index (χ3v) is 4.90. The Balaban J connectivity index is 1.90. The molecule has 0 aliphatic heterocycles. The maximum Gasteiger partial charge on any atom is 0.264 e. The Hall–Kier alpha value is -2.66. The van der Waals surface area contributed by atoms with Crippen molar-refractivity contribution in [3.63, 3.8) is 0 Å². The number of carbonyl (C=O) groups is 1. The Morgan fingerprint density at radius 3 is 2.22 bits per heavy atom. The van der Waals surface area contributed by atoms with Gasteiger partial charge in [-0.05, 0) is 42.0 Å².